The summed E-state index contributed by atoms with van der Waals surface area (Å²) in [6.07, 6.45) is 3.32. The van der Waals surface area contributed by atoms with Crippen LogP contribution < -0.4 is 9.63 Å². The lowest BCUT2D eigenvalue weighted by Crippen LogP contribution is -2.44. The van der Waals surface area contributed by atoms with Crippen molar-refractivity contribution in [3.63, 3.8) is 0 Å². The van der Waals surface area contributed by atoms with Crippen LogP contribution in [0.5, 0.6) is 0 Å². The minimum absolute atomic E-state index is 0.429. The van der Waals surface area contributed by atoms with E-state index >= 15 is 0 Å². The molecule has 27 heavy (non-hydrogen) atoms. The summed E-state index contributed by atoms with van der Waals surface area (Å²) >= 11 is 1.35. The maximum absolute atomic E-state index is 11.7. The molecule has 9 heteroatoms. The van der Waals surface area contributed by atoms with Crippen molar-refractivity contribution in [2.24, 2.45) is 0 Å². The molecule has 3 aromatic heterocycles. The minimum atomic E-state index is 0.429. The molecule has 0 unspecified atom stereocenters. The summed E-state index contributed by atoms with van der Waals surface area (Å²) in [5.41, 5.74) is 1.78. The molecule has 1 fully saturated rings. The van der Waals surface area contributed by atoms with Crippen molar-refractivity contribution >= 4 is 17.4 Å². The highest BCUT2D eigenvalue weighted by atomic mass is 32.2. The summed E-state index contributed by atoms with van der Waals surface area (Å²) in [4.78, 5) is 13.5. The van der Waals surface area contributed by atoms with E-state index in [1.807, 2.05) is 24.4 Å². The lowest BCUT2D eigenvalue weighted by molar-refractivity contribution is -0.645. The summed E-state index contributed by atoms with van der Waals surface area (Å²) in [6, 6.07) is 9.23. The molecule has 0 spiro atoms. The Bertz CT molecular complexity index is 893. The van der Waals surface area contributed by atoms with Gasteiger partial charge in [0.2, 0.25) is 11.7 Å². The topological polar surface area (TPSA) is 85.2 Å². The fourth-order valence-corrected chi connectivity index (χ4v) is 3.60. The van der Waals surface area contributed by atoms with Gasteiger partial charge < -0.3 is 19.5 Å². The number of nitrogens with zero attached hydrogens (tertiary/aromatic N) is 6. The summed E-state index contributed by atoms with van der Waals surface area (Å²) in [6.45, 7) is 4.11. The molecule has 0 aliphatic carbocycles. The van der Waals surface area contributed by atoms with Crippen LogP contribution in [0.4, 0.5) is 5.69 Å². The van der Waals surface area contributed by atoms with E-state index in [0.29, 0.717) is 28.2 Å². The zero-order chi connectivity index (χ0) is 18.6. The van der Waals surface area contributed by atoms with Crippen LogP contribution in [0.15, 0.2) is 52.3 Å². The Kier molecular flexibility index (Phi) is 5.21. The van der Waals surface area contributed by atoms with Crippen molar-refractivity contribution in [3.8, 4) is 11.5 Å². The summed E-state index contributed by atoms with van der Waals surface area (Å²) in [7, 11) is 2.14. The first kappa shape index (κ1) is 17.7. The molecule has 0 radical (unpaired) electrons. The van der Waals surface area contributed by atoms with Crippen LogP contribution in [-0.2, 0) is 5.75 Å². The van der Waals surface area contributed by atoms with E-state index in [4.69, 9.17) is 4.52 Å². The van der Waals surface area contributed by atoms with E-state index in [1.54, 1.807) is 12.1 Å². The average Bonchev–Trinajstić information content (AvgIpc) is 3.17. The first-order valence-electron chi connectivity index (χ1n) is 8.72. The normalized spacial score (nSPS) is 15.2. The molecular weight excluding hydrogens is 364 g/mol. The molecule has 0 saturated carbocycles. The summed E-state index contributed by atoms with van der Waals surface area (Å²) in [5, 5.41) is 16.3. The molecule has 0 aromatic carbocycles. The average molecular weight is 384 g/mol. The van der Waals surface area contributed by atoms with Gasteiger partial charge >= 0.3 is 0 Å². The van der Waals surface area contributed by atoms with Gasteiger partial charge in [-0.1, -0.05) is 5.16 Å². The third kappa shape index (κ3) is 4.20. The monoisotopic (exact) mass is 384 g/mol. The van der Waals surface area contributed by atoms with Crippen LogP contribution in [0.25, 0.3) is 11.5 Å². The van der Waals surface area contributed by atoms with Crippen LogP contribution in [-0.4, -0.2) is 53.3 Å². The number of likely N-dealkylation sites (N-methyl/N-ethyl adjacent to an activating group) is 1. The standard InChI is InChI=1S/C18H20N6O2S/c1-22-8-10-23(11-9-22)14-5-6-15(19-12-14)18-20-16(26-21-18)13-27-17-4-2-3-7-24(17)25/h2-7,12H,8-11,13H2,1H3. The van der Waals surface area contributed by atoms with E-state index in [1.165, 1.54) is 18.0 Å². The van der Waals surface area contributed by atoms with Crippen LogP contribution in [0, 0.1) is 5.21 Å². The van der Waals surface area contributed by atoms with E-state index in [-0.39, 0.29) is 0 Å². The Hall–Kier alpha value is -2.65. The zero-order valence-electron chi connectivity index (χ0n) is 15.0. The molecular formula is C18H20N6O2S. The van der Waals surface area contributed by atoms with Gasteiger partial charge in [-0.05, 0) is 37.0 Å². The van der Waals surface area contributed by atoms with Gasteiger partial charge in [0.15, 0.2) is 6.20 Å². The molecule has 4 heterocycles. The predicted molar refractivity (Wildman–Crippen MR) is 102 cm³/mol. The quantitative estimate of drug-likeness (QED) is 0.374. The number of aromatic nitrogens is 4. The highest BCUT2D eigenvalue weighted by Crippen LogP contribution is 2.22. The van der Waals surface area contributed by atoms with Gasteiger partial charge in [0.05, 0.1) is 17.6 Å². The SMILES string of the molecule is CN1CCN(c2ccc(-c3noc(CSc4cccc[n+]4[O-])n3)nc2)CC1. The largest absolute Gasteiger partial charge is 0.618 e. The second-order valence-electron chi connectivity index (χ2n) is 6.36. The number of piperazine rings is 1. The van der Waals surface area contributed by atoms with Gasteiger partial charge in [-0.15, -0.1) is 0 Å². The van der Waals surface area contributed by atoms with Crippen LogP contribution in [0.3, 0.4) is 0 Å². The maximum atomic E-state index is 11.7. The minimum Gasteiger partial charge on any atom is -0.618 e. The highest BCUT2D eigenvalue weighted by Gasteiger charge is 2.16. The summed E-state index contributed by atoms with van der Waals surface area (Å²) < 4.78 is 6.11. The maximum Gasteiger partial charge on any atom is 0.251 e. The molecule has 0 amide bonds. The number of rotatable bonds is 5. The van der Waals surface area contributed by atoms with E-state index in [0.717, 1.165) is 36.6 Å². The molecule has 4 rings (SSSR count). The third-order valence-corrected chi connectivity index (χ3v) is 5.45. The van der Waals surface area contributed by atoms with Gasteiger partial charge in [-0.25, -0.2) is 0 Å². The van der Waals surface area contributed by atoms with Crippen LogP contribution >= 0.6 is 11.8 Å². The number of hydrogen-bond acceptors (Lipinski definition) is 8. The Labute approximate surface area is 161 Å². The fraction of sp³-hybridized carbons (Fsp3) is 0.333. The Morgan fingerprint density at radius 2 is 2.04 bits per heavy atom. The van der Waals surface area contributed by atoms with Crippen LogP contribution in [0.1, 0.15) is 5.89 Å². The van der Waals surface area contributed by atoms with Crippen molar-refractivity contribution in [2.45, 2.75) is 10.8 Å². The van der Waals surface area contributed by atoms with E-state index < -0.39 is 0 Å². The second kappa shape index (κ2) is 7.93. The lowest BCUT2D eigenvalue weighted by atomic mass is 10.2. The molecule has 0 atom stereocenters. The van der Waals surface area contributed by atoms with E-state index in [9.17, 15) is 5.21 Å². The predicted octanol–water partition coefficient (Wildman–Crippen LogP) is 1.81. The van der Waals surface area contributed by atoms with Gasteiger partial charge in [0.1, 0.15) is 5.69 Å². The number of thioether (sulfide) groups is 1. The highest BCUT2D eigenvalue weighted by molar-refractivity contribution is 7.98. The van der Waals surface area contributed by atoms with Crippen molar-refractivity contribution < 1.29 is 9.25 Å². The van der Waals surface area contributed by atoms with E-state index in [2.05, 4.69) is 32.0 Å². The van der Waals surface area contributed by atoms with Gasteiger partial charge in [-0.2, -0.15) is 9.71 Å². The molecule has 1 saturated heterocycles. The lowest BCUT2D eigenvalue weighted by Gasteiger charge is -2.33. The molecule has 1 aliphatic heterocycles. The second-order valence-corrected chi connectivity index (χ2v) is 7.35. The van der Waals surface area contributed by atoms with Gasteiger partial charge in [0, 0.05) is 38.3 Å². The number of hydrogen-bond donors (Lipinski definition) is 0. The zero-order valence-corrected chi connectivity index (χ0v) is 15.8. The van der Waals surface area contributed by atoms with Crippen molar-refractivity contribution in [2.75, 3.05) is 38.1 Å². The molecule has 8 nitrogen and oxygen atoms in total. The Morgan fingerprint density at radius 3 is 2.78 bits per heavy atom. The number of anilines is 1. The molecule has 0 N–H and O–H groups in total. The first-order valence-corrected chi connectivity index (χ1v) is 9.71. The van der Waals surface area contributed by atoms with Crippen molar-refractivity contribution in [1.29, 1.82) is 0 Å². The smallest absolute Gasteiger partial charge is 0.251 e. The molecule has 1 aliphatic rings. The van der Waals surface area contributed by atoms with Gasteiger partial charge in [-0.3, -0.25) is 4.98 Å². The first-order chi connectivity index (χ1) is 13.2. The third-order valence-electron chi connectivity index (χ3n) is 4.45. The fourth-order valence-electron chi connectivity index (χ4n) is 2.85. The molecule has 140 valence electrons. The Balaban J connectivity index is 1.40. The van der Waals surface area contributed by atoms with Crippen molar-refractivity contribution in [1.82, 2.24) is 20.0 Å². The molecule has 3 aromatic rings. The van der Waals surface area contributed by atoms with Gasteiger partial charge in [0.25, 0.3) is 5.03 Å². The summed E-state index contributed by atoms with van der Waals surface area (Å²) in [5.74, 6) is 1.35. The molecule has 0 bridgehead atoms. The Morgan fingerprint density at radius 1 is 1.19 bits per heavy atom. The van der Waals surface area contributed by atoms with Crippen LogP contribution in [0.2, 0.25) is 0 Å². The van der Waals surface area contributed by atoms with Crippen molar-refractivity contribution in [3.05, 3.63) is 53.8 Å². The number of pyridine rings is 2.